The Labute approximate surface area is 239 Å². The lowest BCUT2D eigenvalue weighted by Gasteiger charge is -2.59. The summed E-state index contributed by atoms with van der Waals surface area (Å²) in [5, 5.41) is 4.57. The SMILES string of the molecule is COC(=O)C[C@@H]1CCN(c2ccc(C(=O)NC3[C@H]4CC5C[C@H]3CC(OC(F)F)(C5)C4)c(SC3CCCCC3)n2)C1. The van der Waals surface area contributed by atoms with Gasteiger partial charge < -0.3 is 19.7 Å². The van der Waals surface area contributed by atoms with Gasteiger partial charge in [0, 0.05) is 24.4 Å². The predicted molar refractivity (Wildman–Crippen MR) is 149 cm³/mol. The van der Waals surface area contributed by atoms with Gasteiger partial charge in [-0.15, -0.1) is 11.8 Å². The number of halogens is 2. The van der Waals surface area contributed by atoms with Gasteiger partial charge in [-0.3, -0.25) is 9.59 Å². The van der Waals surface area contributed by atoms with Crippen molar-refractivity contribution in [3.05, 3.63) is 17.7 Å². The molecule has 220 valence electrons. The van der Waals surface area contributed by atoms with Crippen molar-refractivity contribution in [3.8, 4) is 0 Å². The Morgan fingerprint density at radius 3 is 2.58 bits per heavy atom. The Bertz CT molecular complexity index is 1080. The first kappa shape index (κ1) is 28.2. The maximum atomic E-state index is 13.8. The van der Waals surface area contributed by atoms with Crippen molar-refractivity contribution in [2.24, 2.45) is 23.7 Å². The molecule has 2 heterocycles. The highest BCUT2D eigenvalue weighted by molar-refractivity contribution is 7.99. The number of ether oxygens (including phenoxy) is 2. The topological polar surface area (TPSA) is 80.8 Å². The molecule has 0 spiro atoms. The number of nitrogens with one attached hydrogen (secondary N) is 1. The molecule has 10 heteroatoms. The molecule has 1 aliphatic heterocycles. The summed E-state index contributed by atoms with van der Waals surface area (Å²) < 4.78 is 36.5. The number of esters is 1. The van der Waals surface area contributed by atoms with Gasteiger partial charge in [0.05, 0.1) is 24.7 Å². The molecule has 0 unspecified atom stereocenters. The van der Waals surface area contributed by atoms with Crippen LogP contribution in [0.4, 0.5) is 14.6 Å². The van der Waals surface area contributed by atoms with E-state index in [1.165, 1.54) is 26.4 Å². The fraction of sp³-hybridized carbons (Fsp3) is 0.767. The normalized spacial score (nSPS) is 33.5. The number of carbonyl (C=O) groups excluding carboxylic acids is 2. The number of aromatic nitrogens is 1. The summed E-state index contributed by atoms with van der Waals surface area (Å²) in [4.78, 5) is 32.8. The fourth-order valence-corrected chi connectivity index (χ4v) is 9.80. The molecule has 40 heavy (non-hydrogen) atoms. The number of nitrogens with zero attached hydrogens (tertiary/aromatic N) is 2. The Balaban J connectivity index is 1.19. The van der Waals surface area contributed by atoms with Gasteiger partial charge in [-0.2, -0.15) is 8.78 Å². The molecular formula is C30H41F2N3O4S. The molecule has 1 amide bonds. The molecule has 1 aromatic heterocycles. The summed E-state index contributed by atoms with van der Waals surface area (Å²) in [5.41, 5.74) is -0.115. The zero-order chi connectivity index (χ0) is 27.9. The highest BCUT2D eigenvalue weighted by Crippen LogP contribution is 2.57. The Morgan fingerprint density at radius 1 is 1.12 bits per heavy atom. The van der Waals surface area contributed by atoms with Gasteiger partial charge in [0.25, 0.3) is 5.91 Å². The molecule has 7 rings (SSSR count). The highest BCUT2D eigenvalue weighted by Gasteiger charge is 2.57. The van der Waals surface area contributed by atoms with Crippen LogP contribution in [0.3, 0.4) is 0 Å². The standard InChI is InChI=1S/C30H41F2N3O4S/c1-38-25(36)13-18-9-10-35(17-18)24-8-7-23(28(33-24)40-22-5-3-2-4-6-22)27(37)34-26-20-11-19-12-21(26)16-30(14-19,15-20)39-29(31)32/h7-8,18-22,26,29H,2-6,9-17H2,1H3,(H,34,37)/t18-,19?,20-,21-,26?,30?/m0/s1. The summed E-state index contributed by atoms with van der Waals surface area (Å²) in [6, 6.07) is 3.83. The average Bonchev–Trinajstić information content (AvgIpc) is 3.38. The van der Waals surface area contributed by atoms with Crippen LogP contribution >= 0.6 is 11.8 Å². The number of carbonyl (C=O) groups is 2. The van der Waals surface area contributed by atoms with E-state index in [1.807, 2.05) is 12.1 Å². The number of thioether (sulfide) groups is 1. The second-order valence-electron chi connectivity index (χ2n) is 12.8. The number of pyridine rings is 1. The number of rotatable bonds is 9. The molecule has 4 bridgehead atoms. The van der Waals surface area contributed by atoms with Gasteiger partial charge in [-0.05, 0) is 87.2 Å². The van der Waals surface area contributed by atoms with E-state index in [1.54, 1.807) is 11.8 Å². The van der Waals surface area contributed by atoms with E-state index in [0.29, 0.717) is 36.0 Å². The van der Waals surface area contributed by atoms with Crippen molar-refractivity contribution in [1.82, 2.24) is 10.3 Å². The van der Waals surface area contributed by atoms with Crippen LogP contribution in [0, 0.1) is 23.7 Å². The van der Waals surface area contributed by atoms with Gasteiger partial charge in [0.15, 0.2) is 0 Å². The van der Waals surface area contributed by atoms with Crippen LogP contribution in [0.1, 0.15) is 87.4 Å². The number of alkyl halides is 2. The molecule has 0 radical (unpaired) electrons. The number of anilines is 1. The van der Waals surface area contributed by atoms with E-state index in [-0.39, 0.29) is 35.7 Å². The lowest BCUT2D eigenvalue weighted by Crippen LogP contribution is -2.62. The van der Waals surface area contributed by atoms with Crippen LogP contribution in [0.5, 0.6) is 0 Å². The van der Waals surface area contributed by atoms with Gasteiger partial charge in [0.1, 0.15) is 10.8 Å². The third kappa shape index (κ3) is 5.98. The van der Waals surface area contributed by atoms with Crippen molar-refractivity contribution in [3.63, 3.8) is 0 Å². The number of hydrogen-bond donors (Lipinski definition) is 1. The van der Waals surface area contributed by atoms with E-state index in [9.17, 15) is 18.4 Å². The number of methoxy groups -OCH3 is 1. The highest BCUT2D eigenvalue weighted by atomic mass is 32.2. The minimum atomic E-state index is -2.75. The van der Waals surface area contributed by atoms with E-state index in [4.69, 9.17) is 14.5 Å². The van der Waals surface area contributed by atoms with E-state index in [0.717, 1.165) is 62.5 Å². The molecule has 5 aliphatic carbocycles. The fourth-order valence-electron chi connectivity index (χ4n) is 8.48. The molecular weight excluding hydrogens is 536 g/mol. The Kier molecular flexibility index (Phi) is 8.28. The van der Waals surface area contributed by atoms with Crippen LogP contribution < -0.4 is 10.2 Å². The number of amides is 1. The molecule has 7 nitrogen and oxygen atoms in total. The van der Waals surface area contributed by atoms with Crippen LogP contribution in [0.2, 0.25) is 0 Å². The minimum Gasteiger partial charge on any atom is -0.469 e. The second-order valence-corrected chi connectivity index (χ2v) is 14.1. The first-order valence-electron chi connectivity index (χ1n) is 15.1. The minimum absolute atomic E-state index is 0.0108. The lowest BCUT2D eigenvalue weighted by molar-refractivity contribution is -0.260. The first-order chi connectivity index (χ1) is 19.3. The molecule has 1 saturated heterocycles. The van der Waals surface area contributed by atoms with Gasteiger partial charge in [-0.1, -0.05) is 19.3 Å². The Morgan fingerprint density at radius 2 is 1.88 bits per heavy atom. The summed E-state index contributed by atoms with van der Waals surface area (Å²) in [7, 11) is 1.42. The van der Waals surface area contributed by atoms with Crippen LogP contribution in [-0.2, 0) is 14.3 Å². The monoisotopic (exact) mass is 577 g/mol. The van der Waals surface area contributed by atoms with E-state index >= 15 is 0 Å². The first-order valence-corrected chi connectivity index (χ1v) is 15.9. The molecule has 6 fully saturated rings. The zero-order valence-corrected chi connectivity index (χ0v) is 24.1. The van der Waals surface area contributed by atoms with Crippen molar-refractivity contribution < 1.29 is 27.8 Å². The quantitative estimate of drug-likeness (QED) is 0.371. The van der Waals surface area contributed by atoms with Crippen molar-refractivity contribution in [1.29, 1.82) is 0 Å². The van der Waals surface area contributed by atoms with Crippen LogP contribution in [0.25, 0.3) is 0 Å². The third-order valence-electron chi connectivity index (χ3n) is 10.1. The predicted octanol–water partition coefficient (Wildman–Crippen LogP) is 5.81. The summed E-state index contributed by atoms with van der Waals surface area (Å²) in [6.07, 6.45) is 11.1. The van der Waals surface area contributed by atoms with Crippen molar-refractivity contribution in [2.75, 3.05) is 25.1 Å². The maximum absolute atomic E-state index is 13.8. The third-order valence-corrected chi connectivity index (χ3v) is 11.4. The molecule has 6 aliphatic rings. The summed E-state index contributed by atoms with van der Waals surface area (Å²) >= 11 is 1.73. The average molecular weight is 578 g/mol. The maximum Gasteiger partial charge on any atom is 0.345 e. The Hall–Kier alpha value is -1.94. The van der Waals surface area contributed by atoms with Crippen molar-refractivity contribution >= 4 is 29.5 Å². The van der Waals surface area contributed by atoms with E-state index < -0.39 is 12.2 Å². The zero-order valence-electron chi connectivity index (χ0n) is 23.3. The molecule has 1 aromatic rings. The van der Waals surface area contributed by atoms with Gasteiger partial charge in [0.2, 0.25) is 0 Å². The molecule has 0 aromatic carbocycles. The number of hydrogen-bond acceptors (Lipinski definition) is 7. The second kappa shape index (κ2) is 11.7. The molecule has 1 N–H and O–H groups in total. The van der Waals surface area contributed by atoms with Crippen molar-refractivity contribution in [2.45, 2.75) is 106 Å². The van der Waals surface area contributed by atoms with Crippen LogP contribution in [0.15, 0.2) is 17.2 Å². The molecule has 3 atom stereocenters. The smallest absolute Gasteiger partial charge is 0.345 e. The summed E-state index contributed by atoms with van der Waals surface area (Å²) in [5.74, 6) is 1.55. The lowest BCUT2D eigenvalue weighted by atomic mass is 9.52. The van der Waals surface area contributed by atoms with Gasteiger partial charge in [-0.25, -0.2) is 4.98 Å². The van der Waals surface area contributed by atoms with E-state index in [2.05, 4.69) is 10.2 Å². The summed E-state index contributed by atoms with van der Waals surface area (Å²) in [6.45, 7) is -1.18. The largest absolute Gasteiger partial charge is 0.469 e. The molecule has 5 saturated carbocycles. The van der Waals surface area contributed by atoms with Crippen LogP contribution in [-0.4, -0.2) is 60.6 Å². The van der Waals surface area contributed by atoms with Gasteiger partial charge >= 0.3 is 12.6 Å².